The van der Waals surface area contributed by atoms with Crippen molar-refractivity contribution in [2.45, 2.75) is 13.0 Å². The molecule has 1 heterocycles. The third-order valence-corrected chi connectivity index (χ3v) is 2.70. The van der Waals surface area contributed by atoms with E-state index < -0.39 is 6.10 Å². The predicted octanol–water partition coefficient (Wildman–Crippen LogP) is 0.946. The van der Waals surface area contributed by atoms with Crippen molar-refractivity contribution >= 4 is 5.69 Å². The van der Waals surface area contributed by atoms with Crippen molar-refractivity contribution in [3.05, 3.63) is 42.5 Å². The summed E-state index contributed by atoms with van der Waals surface area (Å²) in [5.41, 5.74) is 1.90. The molecule has 1 atom stereocenters. The molecule has 0 spiro atoms. The summed E-state index contributed by atoms with van der Waals surface area (Å²) in [6.07, 6.45) is 2.91. The number of aryl methyl sites for hydroxylation is 1. The van der Waals surface area contributed by atoms with E-state index in [9.17, 15) is 5.11 Å². The number of anilines is 1. The maximum Gasteiger partial charge on any atom is 0.110 e. The first kappa shape index (κ1) is 12.6. The van der Waals surface area contributed by atoms with E-state index in [0.29, 0.717) is 6.54 Å². The summed E-state index contributed by atoms with van der Waals surface area (Å²) in [5.74, 6) is 0.919. The molecule has 0 aliphatic rings. The lowest BCUT2D eigenvalue weighted by atomic mass is 10.2. The van der Waals surface area contributed by atoms with E-state index in [4.69, 9.17) is 5.11 Å². The van der Waals surface area contributed by atoms with E-state index in [0.717, 1.165) is 17.2 Å². The van der Waals surface area contributed by atoms with E-state index in [1.165, 1.54) is 0 Å². The third kappa shape index (κ3) is 2.88. The largest absolute Gasteiger partial charge is 0.394 e. The second-order valence-corrected chi connectivity index (χ2v) is 4.11. The zero-order chi connectivity index (χ0) is 13.0. The van der Waals surface area contributed by atoms with Gasteiger partial charge in [0.1, 0.15) is 5.82 Å². The van der Waals surface area contributed by atoms with Crippen LogP contribution < -0.4 is 5.32 Å². The number of aliphatic hydroxyl groups is 2. The molecule has 0 aliphatic heterocycles. The number of nitrogens with zero attached hydrogens (tertiary/aromatic N) is 2. The monoisotopic (exact) mass is 247 g/mol. The number of nitrogens with one attached hydrogen (secondary N) is 1. The lowest BCUT2D eigenvalue weighted by Gasteiger charge is -2.12. The number of imidazole rings is 1. The fourth-order valence-corrected chi connectivity index (χ4v) is 1.72. The fraction of sp³-hybridized carbons (Fsp3) is 0.308. The van der Waals surface area contributed by atoms with E-state index >= 15 is 0 Å². The van der Waals surface area contributed by atoms with Gasteiger partial charge in [0.2, 0.25) is 0 Å². The quantitative estimate of drug-likeness (QED) is 0.735. The zero-order valence-corrected chi connectivity index (χ0v) is 10.2. The Labute approximate surface area is 106 Å². The maximum absolute atomic E-state index is 9.29. The molecule has 96 valence electrons. The Morgan fingerprint density at radius 2 is 2.28 bits per heavy atom. The summed E-state index contributed by atoms with van der Waals surface area (Å²) in [5, 5.41) is 21.1. The predicted molar refractivity (Wildman–Crippen MR) is 69.9 cm³/mol. The minimum atomic E-state index is -0.747. The van der Waals surface area contributed by atoms with Crippen LogP contribution in [-0.4, -0.2) is 39.0 Å². The van der Waals surface area contributed by atoms with Gasteiger partial charge in [-0.25, -0.2) is 4.98 Å². The normalized spacial score (nSPS) is 12.4. The van der Waals surface area contributed by atoms with Gasteiger partial charge in [0.05, 0.1) is 12.7 Å². The zero-order valence-electron chi connectivity index (χ0n) is 10.2. The van der Waals surface area contributed by atoms with Gasteiger partial charge in [-0.2, -0.15) is 0 Å². The van der Waals surface area contributed by atoms with Crippen LogP contribution in [0.1, 0.15) is 5.82 Å². The minimum Gasteiger partial charge on any atom is -0.394 e. The van der Waals surface area contributed by atoms with Gasteiger partial charge in [-0.1, -0.05) is 6.07 Å². The Morgan fingerprint density at radius 1 is 1.44 bits per heavy atom. The van der Waals surface area contributed by atoms with Gasteiger partial charge in [-0.3, -0.25) is 0 Å². The van der Waals surface area contributed by atoms with Gasteiger partial charge in [0.15, 0.2) is 0 Å². The first-order chi connectivity index (χ1) is 8.70. The van der Waals surface area contributed by atoms with Gasteiger partial charge in [0.25, 0.3) is 0 Å². The van der Waals surface area contributed by atoms with Crippen LogP contribution in [0.4, 0.5) is 5.69 Å². The average Bonchev–Trinajstić information content (AvgIpc) is 2.82. The Bertz CT molecular complexity index is 510. The highest BCUT2D eigenvalue weighted by Crippen LogP contribution is 2.15. The van der Waals surface area contributed by atoms with E-state index in [-0.39, 0.29) is 6.61 Å². The molecule has 5 nitrogen and oxygen atoms in total. The van der Waals surface area contributed by atoms with Crippen LogP contribution >= 0.6 is 0 Å². The number of aliphatic hydroxyl groups excluding tert-OH is 2. The van der Waals surface area contributed by atoms with Crippen LogP contribution in [-0.2, 0) is 0 Å². The van der Waals surface area contributed by atoms with Crippen LogP contribution in [0.5, 0.6) is 0 Å². The van der Waals surface area contributed by atoms with Crippen LogP contribution in [0.25, 0.3) is 5.69 Å². The van der Waals surface area contributed by atoms with Gasteiger partial charge >= 0.3 is 0 Å². The Morgan fingerprint density at radius 3 is 2.94 bits per heavy atom. The molecule has 2 rings (SSSR count). The van der Waals surface area contributed by atoms with Crippen molar-refractivity contribution in [2.75, 3.05) is 18.5 Å². The molecule has 0 amide bonds. The Hall–Kier alpha value is -1.85. The molecule has 0 saturated heterocycles. The van der Waals surface area contributed by atoms with Crippen molar-refractivity contribution in [1.82, 2.24) is 9.55 Å². The smallest absolute Gasteiger partial charge is 0.110 e. The van der Waals surface area contributed by atoms with Crippen LogP contribution in [0.2, 0.25) is 0 Å². The number of benzene rings is 1. The SMILES string of the molecule is Cc1nccn1-c1cccc(NCC(O)CO)c1. The standard InChI is InChI=1S/C13H17N3O2/c1-10-14-5-6-16(10)12-4-2-3-11(7-12)15-8-13(18)9-17/h2-7,13,15,17-18H,8-9H2,1H3. The average molecular weight is 247 g/mol. The molecule has 1 aromatic heterocycles. The molecule has 0 aliphatic carbocycles. The number of aromatic nitrogens is 2. The molecule has 0 radical (unpaired) electrons. The van der Waals surface area contributed by atoms with Crippen molar-refractivity contribution in [3.63, 3.8) is 0 Å². The maximum atomic E-state index is 9.29. The molecule has 1 unspecified atom stereocenters. The van der Waals surface area contributed by atoms with Crippen molar-refractivity contribution < 1.29 is 10.2 Å². The van der Waals surface area contributed by atoms with E-state index in [1.54, 1.807) is 6.20 Å². The molecule has 0 bridgehead atoms. The molecule has 2 aromatic rings. The highest BCUT2D eigenvalue weighted by Gasteiger charge is 2.03. The van der Waals surface area contributed by atoms with E-state index in [2.05, 4.69) is 10.3 Å². The van der Waals surface area contributed by atoms with E-state index in [1.807, 2.05) is 42.0 Å². The Balaban J connectivity index is 2.13. The van der Waals surface area contributed by atoms with Gasteiger partial charge in [-0.05, 0) is 25.1 Å². The lowest BCUT2D eigenvalue weighted by molar-refractivity contribution is 0.105. The molecular weight excluding hydrogens is 230 g/mol. The second-order valence-electron chi connectivity index (χ2n) is 4.11. The molecule has 3 N–H and O–H groups in total. The molecule has 0 saturated carbocycles. The summed E-state index contributed by atoms with van der Waals surface area (Å²) in [7, 11) is 0. The number of hydrogen-bond acceptors (Lipinski definition) is 4. The third-order valence-electron chi connectivity index (χ3n) is 2.70. The second kappa shape index (κ2) is 5.66. The van der Waals surface area contributed by atoms with Crippen molar-refractivity contribution in [1.29, 1.82) is 0 Å². The summed E-state index contributed by atoms with van der Waals surface area (Å²) in [4.78, 5) is 4.18. The topological polar surface area (TPSA) is 70.3 Å². The highest BCUT2D eigenvalue weighted by atomic mass is 16.3. The highest BCUT2D eigenvalue weighted by molar-refractivity contribution is 5.51. The summed E-state index contributed by atoms with van der Waals surface area (Å²) in [6.45, 7) is 2.02. The first-order valence-electron chi connectivity index (χ1n) is 5.84. The molecule has 18 heavy (non-hydrogen) atoms. The van der Waals surface area contributed by atoms with Crippen LogP contribution in [0, 0.1) is 6.92 Å². The van der Waals surface area contributed by atoms with Crippen molar-refractivity contribution in [3.8, 4) is 5.69 Å². The molecule has 1 aromatic carbocycles. The van der Waals surface area contributed by atoms with Crippen LogP contribution in [0.3, 0.4) is 0 Å². The summed E-state index contributed by atoms with van der Waals surface area (Å²) in [6, 6.07) is 7.81. The minimum absolute atomic E-state index is 0.243. The lowest BCUT2D eigenvalue weighted by Crippen LogP contribution is -2.22. The van der Waals surface area contributed by atoms with Gasteiger partial charge < -0.3 is 20.1 Å². The number of rotatable bonds is 5. The van der Waals surface area contributed by atoms with Gasteiger partial charge in [0, 0.05) is 30.3 Å². The number of hydrogen-bond donors (Lipinski definition) is 3. The molecule has 5 heteroatoms. The first-order valence-corrected chi connectivity index (χ1v) is 5.84. The van der Waals surface area contributed by atoms with Gasteiger partial charge in [-0.15, -0.1) is 0 Å². The molecular formula is C13H17N3O2. The summed E-state index contributed by atoms with van der Waals surface area (Å²) >= 11 is 0. The fourth-order valence-electron chi connectivity index (χ4n) is 1.72. The molecule has 0 fully saturated rings. The Kier molecular flexibility index (Phi) is 3.96. The van der Waals surface area contributed by atoms with Crippen molar-refractivity contribution in [2.24, 2.45) is 0 Å². The summed E-state index contributed by atoms with van der Waals surface area (Å²) < 4.78 is 1.98. The van der Waals surface area contributed by atoms with Crippen LogP contribution in [0.15, 0.2) is 36.7 Å².